The Bertz CT molecular complexity index is 309. The van der Waals surface area contributed by atoms with Gasteiger partial charge in [0.15, 0.2) is 0 Å². The van der Waals surface area contributed by atoms with E-state index in [2.05, 4.69) is 22.4 Å². The molecule has 1 saturated carbocycles. The van der Waals surface area contributed by atoms with E-state index < -0.39 is 0 Å². The van der Waals surface area contributed by atoms with Gasteiger partial charge in [-0.2, -0.15) is 0 Å². The molecule has 0 aromatic rings. The summed E-state index contributed by atoms with van der Waals surface area (Å²) in [7, 11) is 0. The number of isothiocyanates is 1. The SMILES string of the molecule is C[C@@H](N=C=S)C(=O)N1CCC2(CC1)CC2. The van der Waals surface area contributed by atoms with Gasteiger partial charge in [0.2, 0.25) is 5.91 Å². The minimum Gasteiger partial charge on any atom is -0.341 e. The van der Waals surface area contributed by atoms with Crippen LogP contribution in [0.2, 0.25) is 0 Å². The number of amides is 1. The van der Waals surface area contributed by atoms with Gasteiger partial charge >= 0.3 is 0 Å². The van der Waals surface area contributed by atoms with Gasteiger partial charge in [0.1, 0.15) is 6.04 Å². The van der Waals surface area contributed by atoms with E-state index in [0.717, 1.165) is 13.1 Å². The highest BCUT2D eigenvalue weighted by atomic mass is 32.1. The maximum Gasteiger partial charge on any atom is 0.247 e. The third-order valence-electron chi connectivity index (χ3n) is 3.70. The fraction of sp³-hybridized carbons (Fsp3) is 0.818. The van der Waals surface area contributed by atoms with Gasteiger partial charge in [-0.1, -0.05) is 0 Å². The second kappa shape index (κ2) is 4.03. The summed E-state index contributed by atoms with van der Waals surface area (Å²) in [6, 6.07) is -0.351. The van der Waals surface area contributed by atoms with Crippen LogP contribution in [0.15, 0.2) is 4.99 Å². The van der Waals surface area contributed by atoms with Crippen LogP contribution in [0.1, 0.15) is 32.6 Å². The lowest BCUT2D eigenvalue weighted by atomic mass is 9.93. The zero-order chi connectivity index (χ0) is 10.9. The van der Waals surface area contributed by atoms with Crippen molar-refractivity contribution in [3.05, 3.63) is 0 Å². The quantitative estimate of drug-likeness (QED) is 0.530. The fourth-order valence-electron chi connectivity index (χ4n) is 2.28. The number of thiocarbonyl (C=S) groups is 1. The molecule has 1 aliphatic heterocycles. The highest BCUT2D eigenvalue weighted by molar-refractivity contribution is 7.78. The Labute approximate surface area is 95.6 Å². The van der Waals surface area contributed by atoms with Crippen LogP contribution < -0.4 is 0 Å². The first-order valence-corrected chi connectivity index (χ1v) is 5.93. The summed E-state index contributed by atoms with van der Waals surface area (Å²) >= 11 is 4.51. The molecule has 0 bridgehead atoms. The Hall–Kier alpha value is -0.730. The largest absolute Gasteiger partial charge is 0.341 e. The molecule has 0 radical (unpaired) electrons. The summed E-state index contributed by atoms with van der Waals surface area (Å²) in [5, 5.41) is 2.28. The van der Waals surface area contributed by atoms with Gasteiger partial charge in [-0.15, -0.1) is 0 Å². The molecule has 1 spiro atoms. The van der Waals surface area contributed by atoms with Crippen LogP contribution in [0.25, 0.3) is 0 Å². The number of carbonyl (C=O) groups excluding carboxylic acids is 1. The van der Waals surface area contributed by atoms with Crippen LogP contribution >= 0.6 is 12.2 Å². The van der Waals surface area contributed by atoms with Crippen LogP contribution in [-0.2, 0) is 4.79 Å². The molecule has 0 unspecified atom stereocenters. The molecule has 3 nitrogen and oxygen atoms in total. The molecule has 0 N–H and O–H groups in total. The van der Waals surface area contributed by atoms with Gasteiger partial charge < -0.3 is 4.90 Å². The maximum atomic E-state index is 11.9. The average molecular weight is 224 g/mol. The van der Waals surface area contributed by atoms with E-state index in [0.29, 0.717) is 5.41 Å². The van der Waals surface area contributed by atoms with Crippen LogP contribution in [0.4, 0.5) is 0 Å². The summed E-state index contributed by atoms with van der Waals surface area (Å²) in [4.78, 5) is 17.6. The third-order valence-corrected chi connectivity index (χ3v) is 3.80. The molecule has 2 aliphatic rings. The lowest BCUT2D eigenvalue weighted by Crippen LogP contribution is -2.42. The van der Waals surface area contributed by atoms with E-state index in [4.69, 9.17) is 0 Å². The van der Waals surface area contributed by atoms with Crippen molar-refractivity contribution in [2.45, 2.75) is 38.6 Å². The zero-order valence-corrected chi connectivity index (χ0v) is 9.85. The highest BCUT2D eigenvalue weighted by Crippen LogP contribution is 2.53. The number of likely N-dealkylation sites (tertiary alicyclic amines) is 1. The number of hydrogen-bond donors (Lipinski definition) is 0. The van der Waals surface area contributed by atoms with Gasteiger partial charge in [-0.25, -0.2) is 4.99 Å². The number of nitrogens with zero attached hydrogens (tertiary/aromatic N) is 2. The molecule has 15 heavy (non-hydrogen) atoms. The van der Waals surface area contributed by atoms with Crippen molar-refractivity contribution in [3.63, 3.8) is 0 Å². The van der Waals surface area contributed by atoms with Gasteiger partial charge in [0, 0.05) is 13.1 Å². The molecule has 1 aliphatic carbocycles. The number of rotatable bonds is 2. The second-order valence-corrected chi connectivity index (χ2v) is 4.90. The summed E-state index contributed by atoms with van der Waals surface area (Å²) in [6.45, 7) is 3.58. The minimum absolute atomic E-state index is 0.0999. The standard InChI is InChI=1S/C11H16N2OS/c1-9(12-8-15)10(14)13-6-4-11(2-3-11)5-7-13/h9H,2-7H2,1H3/t9-/m1/s1. The minimum atomic E-state index is -0.351. The van der Waals surface area contributed by atoms with E-state index in [1.807, 2.05) is 4.90 Å². The first kappa shape index (κ1) is 10.8. The van der Waals surface area contributed by atoms with E-state index >= 15 is 0 Å². The van der Waals surface area contributed by atoms with Crippen LogP contribution in [0.5, 0.6) is 0 Å². The second-order valence-electron chi connectivity index (χ2n) is 4.72. The van der Waals surface area contributed by atoms with E-state index in [1.165, 1.54) is 25.7 Å². The molecule has 0 aromatic carbocycles. The van der Waals surface area contributed by atoms with Crippen molar-refractivity contribution >= 4 is 23.3 Å². The molecular weight excluding hydrogens is 208 g/mol. The summed E-state index contributed by atoms with van der Waals surface area (Å²) < 4.78 is 0. The molecule has 2 fully saturated rings. The van der Waals surface area contributed by atoms with Gasteiger partial charge in [0.25, 0.3) is 0 Å². The molecule has 1 amide bonds. The monoisotopic (exact) mass is 224 g/mol. The van der Waals surface area contributed by atoms with Crippen molar-refractivity contribution in [2.24, 2.45) is 10.4 Å². The van der Waals surface area contributed by atoms with Crippen molar-refractivity contribution in [2.75, 3.05) is 13.1 Å². The third kappa shape index (κ3) is 2.27. The highest BCUT2D eigenvalue weighted by Gasteiger charge is 2.45. The Morgan fingerprint density at radius 1 is 1.40 bits per heavy atom. The predicted molar refractivity (Wildman–Crippen MR) is 62.0 cm³/mol. The molecule has 1 heterocycles. The summed E-state index contributed by atoms with van der Waals surface area (Å²) in [5.74, 6) is 0.0999. The first-order valence-electron chi connectivity index (χ1n) is 5.53. The maximum absolute atomic E-state index is 11.9. The van der Waals surface area contributed by atoms with Crippen molar-refractivity contribution in [1.82, 2.24) is 4.90 Å². The fourth-order valence-corrected chi connectivity index (χ4v) is 2.43. The van der Waals surface area contributed by atoms with Crippen LogP contribution in [-0.4, -0.2) is 35.1 Å². The van der Waals surface area contributed by atoms with E-state index in [1.54, 1.807) is 6.92 Å². The first-order chi connectivity index (χ1) is 7.17. The van der Waals surface area contributed by atoms with E-state index in [-0.39, 0.29) is 11.9 Å². The van der Waals surface area contributed by atoms with Crippen molar-refractivity contribution in [3.8, 4) is 0 Å². The number of aliphatic imine (C=N–C) groups is 1. The Morgan fingerprint density at radius 3 is 2.47 bits per heavy atom. The predicted octanol–water partition coefficient (Wildman–Crippen LogP) is 1.88. The molecule has 82 valence electrons. The Kier molecular flexibility index (Phi) is 2.89. The number of piperidine rings is 1. The summed E-state index contributed by atoms with van der Waals surface area (Å²) in [6.07, 6.45) is 5.07. The van der Waals surface area contributed by atoms with Gasteiger partial charge in [-0.05, 0) is 50.2 Å². The normalized spacial score (nSPS) is 24.5. The van der Waals surface area contributed by atoms with Crippen LogP contribution in [0, 0.1) is 5.41 Å². The van der Waals surface area contributed by atoms with Gasteiger partial charge in [0.05, 0.1) is 5.16 Å². The molecule has 1 atom stereocenters. The topological polar surface area (TPSA) is 32.7 Å². The Morgan fingerprint density at radius 2 is 2.00 bits per heavy atom. The average Bonchev–Trinajstić information content (AvgIpc) is 2.99. The molecular formula is C11H16N2OS. The van der Waals surface area contributed by atoms with Crippen molar-refractivity contribution < 1.29 is 4.79 Å². The zero-order valence-electron chi connectivity index (χ0n) is 9.03. The van der Waals surface area contributed by atoms with Crippen LogP contribution in [0.3, 0.4) is 0 Å². The van der Waals surface area contributed by atoms with E-state index in [9.17, 15) is 4.79 Å². The molecule has 1 saturated heterocycles. The lowest BCUT2D eigenvalue weighted by molar-refractivity contribution is -0.133. The molecule has 2 rings (SSSR count). The van der Waals surface area contributed by atoms with Crippen molar-refractivity contribution in [1.29, 1.82) is 0 Å². The summed E-state index contributed by atoms with van der Waals surface area (Å²) in [5.41, 5.74) is 0.618. The molecule has 0 aromatic heterocycles. The number of hydrogen-bond acceptors (Lipinski definition) is 3. The molecule has 4 heteroatoms. The number of carbonyl (C=O) groups is 1. The Balaban J connectivity index is 1.89. The van der Waals surface area contributed by atoms with Gasteiger partial charge in [-0.3, -0.25) is 4.79 Å². The lowest BCUT2D eigenvalue weighted by Gasteiger charge is -2.32. The smallest absolute Gasteiger partial charge is 0.247 e.